The fraction of sp³-hybridized carbons (Fsp3) is 1.00. The highest BCUT2D eigenvalue weighted by molar-refractivity contribution is 4.75. The zero-order valence-electron chi connectivity index (χ0n) is 12.5. The van der Waals surface area contributed by atoms with Crippen LogP contribution < -0.4 is 0 Å². The van der Waals surface area contributed by atoms with Gasteiger partial charge in [0.25, 0.3) is 0 Å². The topological polar surface area (TPSA) is 18.5 Å². The zero-order chi connectivity index (χ0) is 13.1. The van der Waals surface area contributed by atoms with E-state index in [9.17, 15) is 0 Å². The van der Waals surface area contributed by atoms with Gasteiger partial charge in [-0.3, -0.25) is 0 Å². The van der Waals surface area contributed by atoms with Gasteiger partial charge in [-0.2, -0.15) is 0 Å². The molecule has 0 aromatic rings. The van der Waals surface area contributed by atoms with Crippen molar-refractivity contribution in [2.24, 2.45) is 11.8 Å². The Balaban J connectivity index is 2.15. The second-order valence-electron chi connectivity index (χ2n) is 5.66. The third-order valence-corrected chi connectivity index (χ3v) is 4.01. The lowest BCUT2D eigenvalue weighted by atomic mass is 9.80. The molecular formula is C16H32O2. The first-order valence-electron chi connectivity index (χ1n) is 8.04. The molecule has 0 amide bonds. The summed E-state index contributed by atoms with van der Waals surface area (Å²) in [5.74, 6) is 1.49. The van der Waals surface area contributed by atoms with E-state index in [-0.39, 0.29) is 0 Å². The van der Waals surface area contributed by atoms with Crippen LogP contribution in [0.1, 0.15) is 65.2 Å². The van der Waals surface area contributed by atoms with Crippen LogP contribution in [0.2, 0.25) is 0 Å². The molecule has 0 bridgehead atoms. The Labute approximate surface area is 113 Å². The highest BCUT2D eigenvalue weighted by atomic mass is 16.5. The van der Waals surface area contributed by atoms with E-state index < -0.39 is 0 Å². The molecule has 2 unspecified atom stereocenters. The van der Waals surface area contributed by atoms with Gasteiger partial charge in [0, 0.05) is 26.4 Å². The molecular weight excluding hydrogens is 224 g/mol. The minimum absolute atomic E-state index is 0.747. The van der Waals surface area contributed by atoms with Crippen molar-refractivity contribution in [2.75, 3.05) is 26.4 Å². The van der Waals surface area contributed by atoms with Gasteiger partial charge in [0.2, 0.25) is 0 Å². The van der Waals surface area contributed by atoms with E-state index in [1.807, 2.05) is 0 Å². The number of unbranched alkanes of at least 4 members (excludes halogenated alkanes) is 2. The van der Waals surface area contributed by atoms with Crippen LogP contribution in [0.25, 0.3) is 0 Å². The lowest BCUT2D eigenvalue weighted by molar-refractivity contribution is 0.0129. The van der Waals surface area contributed by atoms with Crippen LogP contribution in [0, 0.1) is 11.8 Å². The number of ether oxygens (including phenoxy) is 2. The second-order valence-corrected chi connectivity index (χ2v) is 5.66. The van der Waals surface area contributed by atoms with E-state index in [1.54, 1.807) is 0 Å². The molecule has 2 atom stereocenters. The Morgan fingerprint density at radius 1 is 0.778 bits per heavy atom. The van der Waals surface area contributed by atoms with Crippen molar-refractivity contribution >= 4 is 0 Å². The molecule has 1 fully saturated rings. The van der Waals surface area contributed by atoms with Crippen molar-refractivity contribution in [3.8, 4) is 0 Å². The molecule has 0 radical (unpaired) electrons. The number of rotatable bonds is 10. The van der Waals surface area contributed by atoms with E-state index >= 15 is 0 Å². The van der Waals surface area contributed by atoms with Crippen LogP contribution in [0.15, 0.2) is 0 Å². The summed E-state index contributed by atoms with van der Waals surface area (Å²) in [6.07, 6.45) is 10.3. The lowest BCUT2D eigenvalue weighted by Gasteiger charge is -2.31. The molecule has 2 heteroatoms. The molecule has 0 spiro atoms. The summed E-state index contributed by atoms with van der Waals surface area (Å²) in [4.78, 5) is 0. The van der Waals surface area contributed by atoms with E-state index in [0.717, 1.165) is 38.3 Å². The van der Waals surface area contributed by atoms with E-state index in [2.05, 4.69) is 13.8 Å². The highest BCUT2D eigenvalue weighted by Crippen LogP contribution is 2.30. The third-order valence-electron chi connectivity index (χ3n) is 4.01. The molecule has 0 N–H and O–H groups in total. The van der Waals surface area contributed by atoms with Crippen LogP contribution in [-0.2, 0) is 9.47 Å². The van der Waals surface area contributed by atoms with E-state index in [0.29, 0.717) is 0 Å². The van der Waals surface area contributed by atoms with Gasteiger partial charge in [-0.15, -0.1) is 0 Å². The second kappa shape index (κ2) is 10.8. The monoisotopic (exact) mass is 256 g/mol. The van der Waals surface area contributed by atoms with Crippen molar-refractivity contribution in [3.63, 3.8) is 0 Å². The van der Waals surface area contributed by atoms with Crippen LogP contribution in [0.4, 0.5) is 0 Å². The van der Waals surface area contributed by atoms with Gasteiger partial charge in [-0.1, -0.05) is 39.5 Å². The standard InChI is InChI=1S/C16H32O2/c1-3-5-11-17-13-15-9-7-8-10-16(15)14-18-12-6-4-2/h15-16H,3-14H2,1-2H3. The maximum atomic E-state index is 5.82. The fourth-order valence-corrected chi connectivity index (χ4v) is 2.69. The summed E-state index contributed by atoms with van der Waals surface area (Å²) in [5, 5.41) is 0. The first-order chi connectivity index (χ1) is 8.88. The van der Waals surface area contributed by atoms with E-state index in [4.69, 9.17) is 9.47 Å². The molecule has 0 saturated heterocycles. The molecule has 18 heavy (non-hydrogen) atoms. The Hall–Kier alpha value is -0.0800. The Kier molecular flexibility index (Phi) is 9.59. The summed E-state index contributed by atoms with van der Waals surface area (Å²) < 4.78 is 11.6. The van der Waals surface area contributed by atoms with Crippen molar-refractivity contribution < 1.29 is 9.47 Å². The van der Waals surface area contributed by atoms with Crippen molar-refractivity contribution in [2.45, 2.75) is 65.2 Å². The quantitative estimate of drug-likeness (QED) is 0.538. The predicted molar refractivity (Wildman–Crippen MR) is 76.9 cm³/mol. The molecule has 1 aliphatic carbocycles. The first kappa shape index (κ1) is 16.0. The van der Waals surface area contributed by atoms with Gasteiger partial charge in [-0.25, -0.2) is 0 Å². The minimum Gasteiger partial charge on any atom is -0.381 e. The Morgan fingerprint density at radius 3 is 1.61 bits per heavy atom. The predicted octanol–water partition coefficient (Wildman–Crippen LogP) is 4.43. The molecule has 0 aromatic carbocycles. The molecule has 0 aromatic heterocycles. The van der Waals surface area contributed by atoms with Crippen molar-refractivity contribution in [1.82, 2.24) is 0 Å². The Bertz CT molecular complexity index is 162. The van der Waals surface area contributed by atoms with Gasteiger partial charge >= 0.3 is 0 Å². The van der Waals surface area contributed by atoms with Gasteiger partial charge in [0.15, 0.2) is 0 Å². The molecule has 2 nitrogen and oxygen atoms in total. The summed E-state index contributed by atoms with van der Waals surface area (Å²) >= 11 is 0. The van der Waals surface area contributed by atoms with Gasteiger partial charge in [0.05, 0.1) is 0 Å². The maximum absolute atomic E-state index is 5.82. The van der Waals surface area contributed by atoms with Crippen molar-refractivity contribution in [3.05, 3.63) is 0 Å². The molecule has 0 aliphatic heterocycles. The summed E-state index contributed by atoms with van der Waals surface area (Å²) in [6, 6.07) is 0. The maximum Gasteiger partial charge on any atom is 0.0497 e. The average Bonchev–Trinajstić information content (AvgIpc) is 2.41. The van der Waals surface area contributed by atoms with Gasteiger partial charge in [0.1, 0.15) is 0 Å². The smallest absolute Gasteiger partial charge is 0.0497 e. The average molecular weight is 256 g/mol. The van der Waals surface area contributed by atoms with Crippen LogP contribution in [0.3, 0.4) is 0 Å². The molecule has 108 valence electrons. The molecule has 1 rings (SSSR count). The molecule has 0 heterocycles. The van der Waals surface area contributed by atoms with Crippen LogP contribution in [-0.4, -0.2) is 26.4 Å². The minimum atomic E-state index is 0.747. The SMILES string of the molecule is CCCCOCC1CCCCC1COCCCC. The third kappa shape index (κ3) is 6.75. The summed E-state index contributed by atoms with van der Waals surface area (Å²) in [7, 11) is 0. The highest BCUT2D eigenvalue weighted by Gasteiger charge is 2.25. The van der Waals surface area contributed by atoms with Gasteiger partial charge in [-0.05, 0) is 37.5 Å². The molecule has 1 aliphatic rings. The van der Waals surface area contributed by atoms with Crippen LogP contribution in [0.5, 0.6) is 0 Å². The lowest BCUT2D eigenvalue weighted by Crippen LogP contribution is -2.28. The fourth-order valence-electron chi connectivity index (χ4n) is 2.69. The Morgan fingerprint density at radius 2 is 1.22 bits per heavy atom. The number of hydrogen-bond donors (Lipinski definition) is 0. The first-order valence-corrected chi connectivity index (χ1v) is 8.04. The number of hydrogen-bond acceptors (Lipinski definition) is 2. The largest absolute Gasteiger partial charge is 0.381 e. The van der Waals surface area contributed by atoms with Crippen molar-refractivity contribution in [1.29, 1.82) is 0 Å². The van der Waals surface area contributed by atoms with Crippen LogP contribution >= 0.6 is 0 Å². The van der Waals surface area contributed by atoms with Gasteiger partial charge < -0.3 is 9.47 Å². The molecule has 1 saturated carbocycles. The zero-order valence-corrected chi connectivity index (χ0v) is 12.5. The normalized spacial score (nSPS) is 24.3. The van der Waals surface area contributed by atoms with E-state index in [1.165, 1.54) is 51.4 Å². The summed E-state index contributed by atoms with van der Waals surface area (Å²) in [6.45, 7) is 8.24. The summed E-state index contributed by atoms with van der Waals surface area (Å²) in [5.41, 5.74) is 0.